The molecule has 0 saturated carbocycles. The second kappa shape index (κ2) is 6.18. The maximum atomic E-state index is 14.2. The second-order valence-corrected chi connectivity index (χ2v) is 5.49. The molecule has 0 unspecified atom stereocenters. The molecule has 3 rings (SSSR count). The summed E-state index contributed by atoms with van der Waals surface area (Å²) >= 11 is 0. The molecule has 4 heteroatoms. The van der Waals surface area contributed by atoms with Gasteiger partial charge in [0.05, 0.1) is 16.8 Å². The fourth-order valence-electron chi connectivity index (χ4n) is 2.76. The number of aryl methyl sites for hydroxylation is 1. The number of hydrogen-bond donors (Lipinski definition) is 1. The zero-order valence-electron chi connectivity index (χ0n) is 12.7. The van der Waals surface area contributed by atoms with Crippen molar-refractivity contribution in [3.63, 3.8) is 0 Å². The average Bonchev–Trinajstić information content (AvgIpc) is 2.88. The summed E-state index contributed by atoms with van der Waals surface area (Å²) in [4.78, 5) is 4.62. The van der Waals surface area contributed by atoms with Crippen molar-refractivity contribution in [2.24, 2.45) is 0 Å². The molecule has 0 amide bonds. The molecule has 0 atom stereocenters. The van der Waals surface area contributed by atoms with Gasteiger partial charge in [-0.15, -0.1) is 0 Å². The van der Waals surface area contributed by atoms with E-state index >= 15 is 0 Å². The maximum Gasteiger partial charge on any atom is 0.144 e. The molecule has 2 N–H and O–H groups in total. The van der Waals surface area contributed by atoms with Crippen LogP contribution < -0.4 is 5.73 Å². The number of anilines is 1. The summed E-state index contributed by atoms with van der Waals surface area (Å²) in [5.74, 6) is 0.398. The molecule has 0 aliphatic heterocycles. The van der Waals surface area contributed by atoms with Gasteiger partial charge in [0, 0.05) is 6.54 Å². The first-order valence-corrected chi connectivity index (χ1v) is 7.72. The first kappa shape index (κ1) is 14.6. The lowest BCUT2D eigenvalue weighted by Crippen LogP contribution is -2.02. The number of fused-ring (bicyclic) bond motifs is 1. The van der Waals surface area contributed by atoms with Crippen molar-refractivity contribution in [3.05, 3.63) is 48.3 Å². The molecule has 1 aromatic heterocycles. The molecular weight excluding hydrogens is 277 g/mol. The Bertz CT molecular complexity index is 792. The van der Waals surface area contributed by atoms with Crippen LogP contribution in [0.1, 0.15) is 26.2 Å². The monoisotopic (exact) mass is 297 g/mol. The standard InChI is InChI=1S/C18H20FN3/c1-2-3-6-12-22-16-11-7-10-15(20)17(16)21-18(22)13-8-4-5-9-14(13)19/h4-5,7-11H,2-3,6,12,20H2,1H3. The van der Waals surface area contributed by atoms with E-state index in [1.54, 1.807) is 12.1 Å². The van der Waals surface area contributed by atoms with Crippen LogP contribution in [0.2, 0.25) is 0 Å². The SMILES string of the molecule is CCCCCn1c(-c2ccccc2F)nc2c(N)cccc21. The Morgan fingerprint density at radius 2 is 1.91 bits per heavy atom. The molecule has 0 radical (unpaired) electrons. The third-order valence-electron chi connectivity index (χ3n) is 3.91. The molecule has 0 saturated heterocycles. The average molecular weight is 297 g/mol. The maximum absolute atomic E-state index is 14.2. The highest BCUT2D eigenvalue weighted by Crippen LogP contribution is 2.29. The predicted molar refractivity (Wildman–Crippen MR) is 89.1 cm³/mol. The zero-order valence-corrected chi connectivity index (χ0v) is 12.7. The molecular formula is C18H20FN3. The van der Waals surface area contributed by atoms with Crippen molar-refractivity contribution in [2.45, 2.75) is 32.7 Å². The summed E-state index contributed by atoms with van der Waals surface area (Å²) in [5, 5.41) is 0. The van der Waals surface area contributed by atoms with Crippen LogP contribution in [-0.4, -0.2) is 9.55 Å². The molecule has 1 heterocycles. The van der Waals surface area contributed by atoms with Gasteiger partial charge in [0.1, 0.15) is 17.2 Å². The number of nitrogens with zero attached hydrogens (tertiary/aromatic N) is 2. The number of para-hydroxylation sites is 1. The van der Waals surface area contributed by atoms with Gasteiger partial charge in [-0.25, -0.2) is 9.37 Å². The topological polar surface area (TPSA) is 43.8 Å². The van der Waals surface area contributed by atoms with Gasteiger partial charge in [0.15, 0.2) is 0 Å². The van der Waals surface area contributed by atoms with Crippen LogP contribution in [0, 0.1) is 5.82 Å². The number of aromatic nitrogens is 2. The van der Waals surface area contributed by atoms with Gasteiger partial charge < -0.3 is 10.3 Å². The fraction of sp³-hybridized carbons (Fsp3) is 0.278. The third-order valence-corrected chi connectivity index (χ3v) is 3.91. The molecule has 2 aromatic carbocycles. The van der Waals surface area contributed by atoms with E-state index < -0.39 is 0 Å². The van der Waals surface area contributed by atoms with Crippen LogP contribution in [0.25, 0.3) is 22.4 Å². The van der Waals surface area contributed by atoms with Crippen LogP contribution in [0.3, 0.4) is 0 Å². The van der Waals surface area contributed by atoms with Crippen molar-refractivity contribution >= 4 is 16.7 Å². The van der Waals surface area contributed by atoms with Crippen molar-refractivity contribution in [1.82, 2.24) is 9.55 Å². The molecule has 114 valence electrons. The lowest BCUT2D eigenvalue weighted by Gasteiger charge is -2.09. The number of benzene rings is 2. The first-order valence-electron chi connectivity index (χ1n) is 7.72. The Kier molecular flexibility index (Phi) is 4.09. The van der Waals surface area contributed by atoms with E-state index in [4.69, 9.17) is 5.73 Å². The van der Waals surface area contributed by atoms with Gasteiger partial charge in [0.25, 0.3) is 0 Å². The van der Waals surface area contributed by atoms with Crippen LogP contribution in [-0.2, 0) is 6.54 Å². The summed E-state index contributed by atoms with van der Waals surface area (Å²) < 4.78 is 16.3. The summed E-state index contributed by atoms with van der Waals surface area (Å²) in [6.45, 7) is 2.99. The Hall–Kier alpha value is -2.36. The number of nitrogen functional groups attached to an aromatic ring is 1. The Morgan fingerprint density at radius 3 is 2.68 bits per heavy atom. The molecule has 0 spiro atoms. The van der Waals surface area contributed by atoms with Gasteiger partial charge in [-0.3, -0.25) is 0 Å². The van der Waals surface area contributed by atoms with Crippen LogP contribution in [0.15, 0.2) is 42.5 Å². The number of rotatable bonds is 5. The third kappa shape index (κ3) is 2.56. The highest BCUT2D eigenvalue weighted by Gasteiger charge is 2.16. The number of hydrogen-bond acceptors (Lipinski definition) is 2. The van der Waals surface area contributed by atoms with Gasteiger partial charge in [-0.2, -0.15) is 0 Å². The predicted octanol–water partition coefficient (Wildman–Crippen LogP) is 4.61. The van der Waals surface area contributed by atoms with Crippen LogP contribution >= 0.6 is 0 Å². The van der Waals surface area contributed by atoms with E-state index in [2.05, 4.69) is 16.5 Å². The van der Waals surface area contributed by atoms with Crippen LogP contribution in [0.5, 0.6) is 0 Å². The summed E-state index contributed by atoms with van der Waals surface area (Å²) in [6, 6.07) is 12.5. The van der Waals surface area contributed by atoms with Gasteiger partial charge >= 0.3 is 0 Å². The van der Waals surface area contributed by atoms with Crippen molar-refractivity contribution in [1.29, 1.82) is 0 Å². The molecule has 0 aliphatic carbocycles. The van der Waals surface area contributed by atoms with E-state index in [9.17, 15) is 4.39 Å². The second-order valence-electron chi connectivity index (χ2n) is 5.49. The number of nitrogens with two attached hydrogens (primary N) is 1. The Balaban J connectivity index is 2.17. The van der Waals surface area contributed by atoms with Crippen molar-refractivity contribution < 1.29 is 4.39 Å². The first-order chi connectivity index (χ1) is 10.7. The normalized spacial score (nSPS) is 11.2. The molecule has 22 heavy (non-hydrogen) atoms. The minimum Gasteiger partial charge on any atom is -0.397 e. The molecule has 0 aliphatic rings. The number of imidazole rings is 1. The van der Waals surface area contributed by atoms with E-state index in [0.717, 1.165) is 36.8 Å². The van der Waals surface area contributed by atoms with Crippen molar-refractivity contribution in [2.75, 3.05) is 5.73 Å². The van der Waals surface area contributed by atoms with E-state index in [-0.39, 0.29) is 5.82 Å². The van der Waals surface area contributed by atoms with E-state index in [1.165, 1.54) is 6.07 Å². The highest BCUT2D eigenvalue weighted by atomic mass is 19.1. The Labute approximate surface area is 129 Å². The smallest absolute Gasteiger partial charge is 0.144 e. The van der Waals surface area contributed by atoms with Gasteiger partial charge in [-0.05, 0) is 30.7 Å². The molecule has 3 aromatic rings. The van der Waals surface area contributed by atoms with Gasteiger partial charge in [-0.1, -0.05) is 38.0 Å². The fourth-order valence-corrected chi connectivity index (χ4v) is 2.76. The van der Waals surface area contributed by atoms with E-state index in [0.29, 0.717) is 17.1 Å². The zero-order chi connectivity index (χ0) is 15.5. The molecule has 3 nitrogen and oxygen atoms in total. The lowest BCUT2D eigenvalue weighted by molar-refractivity contribution is 0.607. The summed E-state index contributed by atoms with van der Waals surface area (Å²) in [5.41, 5.74) is 8.91. The minimum atomic E-state index is -0.256. The number of halogens is 1. The van der Waals surface area contributed by atoms with E-state index in [1.807, 2.05) is 24.3 Å². The number of unbranched alkanes of at least 4 members (excludes halogenated alkanes) is 2. The minimum absolute atomic E-state index is 0.256. The highest BCUT2D eigenvalue weighted by molar-refractivity contribution is 5.90. The summed E-state index contributed by atoms with van der Waals surface area (Å²) in [7, 11) is 0. The quantitative estimate of drug-likeness (QED) is 0.552. The Morgan fingerprint density at radius 1 is 1.09 bits per heavy atom. The largest absolute Gasteiger partial charge is 0.397 e. The lowest BCUT2D eigenvalue weighted by atomic mass is 10.2. The van der Waals surface area contributed by atoms with Crippen molar-refractivity contribution in [3.8, 4) is 11.4 Å². The van der Waals surface area contributed by atoms with Gasteiger partial charge in [0.2, 0.25) is 0 Å². The molecule has 0 fully saturated rings. The summed E-state index contributed by atoms with van der Waals surface area (Å²) in [6.07, 6.45) is 3.32. The molecule has 0 bridgehead atoms. The van der Waals surface area contributed by atoms with Crippen LogP contribution in [0.4, 0.5) is 10.1 Å².